The van der Waals surface area contributed by atoms with E-state index in [2.05, 4.69) is 23.0 Å². The van der Waals surface area contributed by atoms with Crippen molar-refractivity contribution in [3.05, 3.63) is 29.0 Å². The molecule has 0 aromatic carbocycles. The molecule has 1 aliphatic rings. The van der Waals surface area contributed by atoms with E-state index in [0.29, 0.717) is 11.6 Å². The second-order valence-electron chi connectivity index (χ2n) is 5.16. The number of nitrogens with two attached hydrogens (primary N) is 2. The fourth-order valence-corrected chi connectivity index (χ4v) is 2.74. The third-order valence-electron chi connectivity index (χ3n) is 3.76. The molecule has 1 atom stereocenters. The lowest BCUT2D eigenvalue weighted by Gasteiger charge is -2.21. The molecule has 2 aromatic rings. The molecule has 0 saturated heterocycles. The zero-order valence-electron chi connectivity index (χ0n) is 10.8. The number of nitrogens with zero attached hydrogens (tertiary/aromatic N) is 2. The normalized spacial score (nSPS) is 18.3. The van der Waals surface area contributed by atoms with E-state index < -0.39 is 5.91 Å². The van der Waals surface area contributed by atoms with Crippen molar-refractivity contribution in [3.63, 3.8) is 0 Å². The Morgan fingerprint density at radius 1 is 1.37 bits per heavy atom. The Hall–Kier alpha value is -2.17. The molecule has 0 spiro atoms. The van der Waals surface area contributed by atoms with E-state index in [1.165, 1.54) is 12.0 Å². The molecule has 0 unspecified atom stereocenters. The van der Waals surface area contributed by atoms with E-state index in [0.717, 1.165) is 23.9 Å². The van der Waals surface area contributed by atoms with E-state index in [1.54, 1.807) is 6.07 Å². The number of fused-ring (bicyclic) bond motifs is 2. The van der Waals surface area contributed by atoms with Crippen molar-refractivity contribution in [1.29, 1.82) is 0 Å². The fourth-order valence-electron chi connectivity index (χ4n) is 2.74. The van der Waals surface area contributed by atoms with Crippen LogP contribution in [-0.4, -0.2) is 15.9 Å². The Morgan fingerprint density at radius 3 is 2.89 bits per heavy atom. The summed E-state index contributed by atoms with van der Waals surface area (Å²) in [5.74, 6) is 0.0425. The maximum absolute atomic E-state index is 11.3. The summed E-state index contributed by atoms with van der Waals surface area (Å²) >= 11 is 0. The van der Waals surface area contributed by atoms with E-state index in [-0.39, 0.29) is 11.4 Å². The standard InChI is InChI=1S/C14H16N4O/c1-7-3-2-4-8-5-9-6-10(13(16)19)12(15)18-14(9)17-11(7)8/h5-7H,2-4H2,1H3,(H2,16,19)(H2,15,17,18)/t7-/m1/s1. The third kappa shape index (κ3) is 1.91. The molecule has 4 N–H and O–H groups in total. The lowest BCUT2D eigenvalue weighted by atomic mass is 9.87. The zero-order valence-corrected chi connectivity index (χ0v) is 10.8. The number of hydrogen-bond donors (Lipinski definition) is 2. The number of primary amides is 1. The molecule has 1 aliphatic carbocycles. The number of carbonyl (C=O) groups excluding carboxylic acids is 1. The Kier molecular flexibility index (Phi) is 2.62. The van der Waals surface area contributed by atoms with Crippen LogP contribution in [0.4, 0.5) is 5.82 Å². The predicted octanol–water partition coefficient (Wildman–Crippen LogP) is 1.75. The molecule has 2 aromatic heterocycles. The highest BCUT2D eigenvalue weighted by molar-refractivity contribution is 6.00. The lowest BCUT2D eigenvalue weighted by molar-refractivity contribution is 0.100. The van der Waals surface area contributed by atoms with Crippen molar-refractivity contribution in [2.75, 3.05) is 5.73 Å². The van der Waals surface area contributed by atoms with Gasteiger partial charge in [-0.25, -0.2) is 9.97 Å². The minimum absolute atomic E-state index is 0.149. The summed E-state index contributed by atoms with van der Waals surface area (Å²) in [5, 5.41) is 0.829. The summed E-state index contributed by atoms with van der Waals surface area (Å²) in [6.07, 6.45) is 3.35. The van der Waals surface area contributed by atoms with Crippen LogP contribution >= 0.6 is 0 Å². The van der Waals surface area contributed by atoms with E-state index in [9.17, 15) is 4.79 Å². The number of pyridine rings is 2. The first-order chi connectivity index (χ1) is 9.06. The maximum atomic E-state index is 11.3. The van der Waals surface area contributed by atoms with Crippen LogP contribution in [0.1, 0.15) is 47.3 Å². The summed E-state index contributed by atoms with van der Waals surface area (Å²) in [6.45, 7) is 2.18. The van der Waals surface area contributed by atoms with Gasteiger partial charge in [0.2, 0.25) is 0 Å². The van der Waals surface area contributed by atoms with Crippen molar-refractivity contribution < 1.29 is 4.79 Å². The number of carbonyl (C=O) groups is 1. The Balaban J connectivity index is 2.25. The average Bonchev–Trinajstić information content (AvgIpc) is 2.36. The molecule has 2 heterocycles. The zero-order chi connectivity index (χ0) is 13.6. The first-order valence-electron chi connectivity index (χ1n) is 6.46. The van der Waals surface area contributed by atoms with Gasteiger partial charge < -0.3 is 11.5 Å². The van der Waals surface area contributed by atoms with Gasteiger partial charge in [0.05, 0.1) is 5.56 Å². The summed E-state index contributed by atoms with van der Waals surface area (Å²) in [7, 11) is 0. The smallest absolute Gasteiger partial charge is 0.252 e. The molecule has 0 fully saturated rings. The first-order valence-corrected chi connectivity index (χ1v) is 6.46. The summed E-state index contributed by atoms with van der Waals surface area (Å²) < 4.78 is 0. The monoisotopic (exact) mass is 256 g/mol. The molecule has 0 saturated carbocycles. The van der Waals surface area contributed by atoms with Crippen molar-refractivity contribution in [3.8, 4) is 0 Å². The SMILES string of the molecule is C[C@@H]1CCCc2cc3cc(C(N)=O)c(N)nc3nc21. The molecule has 98 valence electrons. The largest absolute Gasteiger partial charge is 0.383 e. The highest BCUT2D eigenvalue weighted by Crippen LogP contribution is 2.32. The molecule has 0 bridgehead atoms. The van der Waals surface area contributed by atoms with Gasteiger partial charge in [0, 0.05) is 11.1 Å². The number of aryl methyl sites for hydroxylation is 1. The maximum Gasteiger partial charge on any atom is 0.252 e. The van der Waals surface area contributed by atoms with Gasteiger partial charge in [-0.3, -0.25) is 4.79 Å². The van der Waals surface area contributed by atoms with Gasteiger partial charge in [-0.1, -0.05) is 6.92 Å². The van der Waals surface area contributed by atoms with Crippen LogP contribution in [0, 0.1) is 0 Å². The van der Waals surface area contributed by atoms with Crippen LogP contribution in [0.2, 0.25) is 0 Å². The number of anilines is 1. The summed E-state index contributed by atoms with van der Waals surface area (Å²) in [4.78, 5) is 20.1. The van der Waals surface area contributed by atoms with Crippen molar-refractivity contribution >= 4 is 22.8 Å². The molecule has 19 heavy (non-hydrogen) atoms. The predicted molar refractivity (Wildman–Crippen MR) is 73.8 cm³/mol. The van der Waals surface area contributed by atoms with E-state index >= 15 is 0 Å². The Morgan fingerprint density at radius 2 is 2.16 bits per heavy atom. The highest BCUT2D eigenvalue weighted by Gasteiger charge is 2.20. The molecule has 0 radical (unpaired) electrons. The Bertz CT molecular complexity index is 681. The van der Waals surface area contributed by atoms with Gasteiger partial charge in [-0.05, 0) is 42.9 Å². The van der Waals surface area contributed by atoms with Gasteiger partial charge in [0.25, 0.3) is 5.91 Å². The third-order valence-corrected chi connectivity index (χ3v) is 3.76. The molecule has 1 amide bonds. The average molecular weight is 256 g/mol. The van der Waals surface area contributed by atoms with Crippen LogP contribution in [-0.2, 0) is 6.42 Å². The van der Waals surface area contributed by atoms with Crippen LogP contribution in [0.15, 0.2) is 12.1 Å². The molecule has 5 nitrogen and oxygen atoms in total. The van der Waals surface area contributed by atoms with Crippen LogP contribution in [0.5, 0.6) is 0 Å². The van der Waals surface area contributed by atoms with Crippen LogP contribution in [0.25, 0.3) is 11.0 Å². The fraction of sp³-hybridized carbons (Fsp3) is 0.357. The lowest BCUT2D eigenvalue weighted by Crippen LogP contribution is -2.15. The van der Waals surface area contributed by atoms with Gasteiger partial charge in [-0.2, -0.15) is 0 Å². The number of rotatable bonds is 1. The summed E-state index contributed by atoms with van der Waals surface area (Å²) in [5.41, 5.74) is 14.2. The Labute approximate surface area is 111 Å². The number of amides is 1. The van der Waals surface area contributed by atoms with Crippen molar-refractivity contribution in [2.24, 2.45) is 5.73 Å². The number of aromatic nitrogens is 2. The first kappa shape index (κ1) is 11.9. The van der Waals surface area contributed by atoms with Gasteiger partial charge in [0.1, 0.15) is 5.82 Å². The molecular weight excluding hydrogens is 240 g/mol. The topological polar surface area (TPSA) is 94.9 Å². The van der Waals surface area contributed by atoms with Crippen molar-refractivity contribution in [1.82, 2.24) is 9.97 Å². The van der Waals surface area contributed by atoms with Gasteiger partial charge in [-0.15, -0.1) is 0 Å². The molecule has 5 heteroatoms. The van der Waals surface area contributed by atoms with Gasteiger partial charge in [0.15, 0.2) is 5.65 Å². The second kappa shape index (κ2) is 4.19. The summed E-state index contributed by atoms with van der Waals surface area (Å²) in [6, 6.07) is 3.75. The minimum Gasteiger partial charge on any atom is -0.383 e. The molecular formula is C14H16N4O. The number of nitrogen functional groups attached to an aromatic ring is 1. The second-order valence-corrected chi connectivity index (χ2v) is 5.16. The van der Waals surface area contributed by atoms with Crippen LogP contribution in [0.3, 0.4) is 0 Å². The highest BCUT2D eigenvalue weighted by atomic mass is 16.1. The molecule has 0 aliphatic heterocycles. The number of hydrogen-bond acceptors (Lipinski definition) is 4. The van der Waals surface area contributed by atoms with E-state index in [1.807, 2.05) is 0 Å². The quantitative estimate of drug-likeness (QED) is 0.812. The van der Waals surface area contributed by atoms with Crippen molar-refractivity contribution in [2.45, 2.75) is 32.1 Å². The van der Waals surface area contributed by atoms with Gasteiger partial charge >= 0.3 is 0 Å². The van der Waals surface area contributed by atoms with Crippen LogP contribution < -0.4 is 11.5 Å². The minimum atomic E-state index is -0.557. The molecule has 3 rings (SSSR count). The van der Waals surface area contributed by atoms with E-state index in [4.69, 9.17) is 11.5 Å².